The van der Waals surface area contributed by atoms with Crippen LogP contribution >= 0.6 is 11.6 Å². The van der Waals surface area contributed by atoms with Crippen LogP contribution in [-0.2, 0) is 0 Å². The minimum atomic E-state index is 0.610. The molecule has 78 valence electrons. The number of halogens is 1. The van der Waals surface area contributed by atoms with Crippen LogP contribution in [0.3, 0.4) is 0 Å². The lowest BCUT2D eigenvalue weighted by Gasteiger charge is -2.06. The molecule has 0 heterocycles. The number of allylic oxidation sites excluding steroid dienone is 1. The summed E-state index contributed by atoms with van der Waals surface area (Å²) in [7, 11) is 0. The number of nitriles is 1. The van der Waals surface area contributed by atoms with E-state index < -0.39 is 0 Å². The maximum absolute atomic E-state index is 8.73. The molecule has 2 nitrogen and oxygen atoms in total. The van der Waals surface area contributed by atoms with Crippen LogP contribution in [0.25, 0.3) is 0 Å². The zero-order valence-corrected chi connectivity index (χ0v) is 9.60. The van der Waals surface area contributed by atoms with Gasteiger partial charge in [0, 0.05) is 6.54 Å². The first-order valence-electron chi connectivity index (χ1n) is 4.70. The Balaban J connectivity index is 2.76. The van der Waals surface area contributed by atoms with Gasteiger partial charge in [-0.25, -0.2) is 0 Å². The lowest BCUT2D eigenvalue weighted by Crippen LogP contribution is -1.99. The second-order valence-electron chi connectivity index (χ2n) is 3.47. The molecule has 1 aromatic rings. The second-order valence-corrected chi connectivity index (χ2v) is 3.88. The van der Waals surface area contributed by atoms with E-state index in [2.05, 4.69) is 17.5 Å². The molecule has 0 spiro atoms. The topological polar surface area (TPSA) is 35.8 Å². The van der Waals surface area contributed by atoms with Crippen LogP contribution in [0.15, 0.2) is 29.8 Å². The number of anilines is 1. The first kappa shape index (κ1) is 11.6. The van der Waals surface area contributed by atoms with Crippen molar-refractivity contribution in [2.24, 2.45) is 0 Å². The van der Waals surface area contributed by atoms with Gasteiger partial charge in [0.25, 0.3) is 0 Å². The number of nitrogens with one attached hydrogen (secondary N) is 1. The van der Waals surface area contributed by atoms with Gasteiger partial charge in [-0.3, -0.25) is 0 Å². The smallest absolute Gasteiger partial charge is 0.0992 e. The molecule has 1 aromatic carbocycles. The van der Waals surface area contributed by atoms with Gasteiger partial charge >= 0.3 is 0 Å². The Morgan fingerprint density at radius 3 is 2.87 bits per heavy atom. The summed E-state index contributed by atoms with van der Waals surface area (Å²) in [6.07, 6.45) is 2.06. The first-order chi connectivity index (χ1) is 7.13. The molecule has 0 saturated carbocycles. The van der Waals surface area contributed by atoms with Gasteiger partial charge in [0.05, 0.1) is 22.3 Å². The molecule has 1 N–H and O–H groups in total. The Morgan fingerprint density at radius 1 is 1.53 bits per heavy atom. The van der Waals surface area contributed by atoms with E-state index in [4.69, 9.17) is 16.9 Å². The highest BCUT2D eigenvalue weighted by molar-refractivity contribution is 6.33. The summed E-state index contributed by atoms with van der Waals surface area (Å²) in [6.45, 7) is 4.79. The largest absolute Gasteiger partial charge is 0.380 e. The van der Waals surface area contributed by atoms with Gasteiger partial charge in [-0.1, -0.05) is 23.3 Å². The third kappa shape index (κ3) is 3.65. The Kier molecular flexibility index (Phi) is 4.20. The molecular formula is C12H13ClN2. The van der Waals surface area contributed by atoms with Crippen molar-refractivity contribution in [3.63, 3.8) is 0 Å². The molecule has 0 fully saturated rings. The number of hydrogen-bond acceptors (Lipinski definition) is 2. The summed E-state index contributed by atoms with van der Waals surface area (Å²) in [5, 5.41) is 12.5. The summed E-state index contributed by atoms with van der Waals surface area (Å²) < 4.78 is 0. The van der Waals surface area contributed by atoms with Crippen molar-refractivity contribution >= 4 is 17.3 Å². The van der Waals surface area contributed by atoms with E-state index in [0.717, 1.165) is 12.2 Å². The van der Waals surface area contributed by atoms with E-state index in [1.54, 1.807) is 18.2 Å². The lowest BCUT2D eigenvalue weighted by atomic mass is 10.2. The van der Waals surface area contributed by atoms with Crippen LogP contribution < -0.4 is 5.32 Å². The average Bonchev–Trinajstić information content (AvgIpc) is 2.20. The Labute approximate surface area is 95.2 Å². The molecule has 0 atom stereocenters. The van der Waals surface area contributed by atoms with Crippen molar-refractivity contribution < 1.29 is 0 Å². The second kappa shape index (κ2) is 5.43. The fourth-order valence-corrected chi connectivity index (χ4v) is 1.28. The van der Waals surface area contributed by atoms with Gasteiger partial charge < -0.3 is 5.32 Å². The molecule has 0 radical (unpaired) electrons. The monoisotopic (exact) mass is 220 g/mol. The fraction of sp³-hybridized carbons (Fsp3) is 0.250. The normalized spacial score (nSPS) is 9.20. The van der Waals surface area contributed by atoms with E-state index in [9.17, 15) is 0 Å². The molecule has 0 amide bonds. The zero-order chi connectivity index (χ0) is 11.3. The molecule has 0 aromatic heterocycles. The molecule has 1 rings (SSSR count). The van der Waals surface area contributed by atoms with Gasteiger partial charge in [-0.05, 0) is 32.0 Å². The van der Waals surface area contributed by atoms with Gasteiger partial charge in [-0.15, -0.1) is 0 Å². The van der Waals surface area contributed by atoms with E-state index in [1.807, 2.05) is 13.8 Å². The summed E-state index contributed by atoms with van der Waals surface area (Å²) in [5.41, 5.74) is 2.65. The molecule has 3 heteroatoms. The Bertz CT molecular complexity index is 412. The fourth-order valence-electron chi connectivity index (χ4n) is 1.10. The predicted molar refractivity (Wildman–Crippen MR) is 64.1 cm³/mol. The standard InChI is InChI=1S/C12H13ClN2/c1-9(2)5-6-15-12-7-10(8-14)3-4-11(12)13/h3-5,7,15H,6H2,1-2H3. The number of rotatable bonds is 3. The van der Waals surface area contributed by atoms with Crippen LogP contribution in [0.5, 0.6) is 0 Å². The number of nitrogens with zero attached hydrogens (tertiary/aromatic N) is 1. The zero-order valence-electron chi connectivity index (χ0n) is 8.84. The summed E-state index contributed by atoms with van der Waals surface area (Å²) >= 11 is 5.98. The Morgan fingerprint density at radius 2 is 2.27 bits per heavy atom. The molecule has 15 heavy (non-hydrogen) atoms. The third-order valence-electron chi connectivity index (χ3n) is 1.90. The quantitative estimate of drug-likeness (QED) is 0.791. The van der Waals surface area contributed by atoms with Gasteiger partial charge in [0.15, 0.2) is 0 Å². The van der Waals surface area contributed by atoms with Crippen LogP contribution in [0.1, 0.15) is 19.4 Å². The summed E-state index contributed by atoms with van der Waals surface area (Å²) in [4.78, 5) is 0. The van der Waals surface area contributed by atoms with Crippen molar-refractivity contribution in [2.75, 3.05) is 11.9 Å². The van der Waals surface area contributed by atoms with E-state index >= 15 is 0 Å². The maximum atomic E-state index is 8.73. The first-order valence-corrected chi connectivity index (χ1v) is 5.08. The molecule has 0 aliphatic heterocycles. The van der Waals surface area contributed by atoms with E-state index in [-0.39, 0.29) is 0 Å². The molecule has 0 saturated heterocycles. The highest BCUT2D eigenvalue weighted by Gasteiger charge is 1.99. The average molecular weight is 221 g/mol. The minimum Gasteiger partial charge on any atom is -0.380 e. The molecule has 0 aliphatic rings. The molecule has 0 bridgehead atoms. The van der Waals surface area contributed by atoms with Gasteiger partial charge in [0.1, 0.15) is 0 Å². The molecule has 0 aliphatic carbocycles. The van der Waals surface area contributed by atoms with Crippen LogP contribution in [0.2, 0.25) is 5.02 Å². The predicted octanol–water partition coefficient (Wildman–Crippen LogP) is 3.59. The summed E-state index contributed by atoms with van der Waals surface area (Å²) in [5.74, 6) is 0. The van der Waals surface area contributed by atoms with E-state index in [0.29, 0.717) is 10.6 Å². The van der Waals surface area contributed by atoms with Crippen LogP contribution in [0.4, 0.5) is 5.69 Å². The highest BCUT2D eigenvalue weighted by atomic mass is 35.5. The SMILES string of the molecule is CC(C)=CCNc1cc(C#N)ccc1Cl. The van der Waals surface area contributed by atoms with Crippen molar-refractivity contribution in [3.05, 3.63) is 40.4 Å². The van der Waals surface area contributed by atoms with Crippen molar-refractivity contribution in [1.82, 2.24) is 0 Å². The molecular weight excluding hydrogens is 208 g/mol. The Hall–Kier alpha value is -1.46. The number of benzene rings is 1. The molecule has 0 unspecified atom stereocenters. The van der Waals surface area contributed by atoms with Crippen LogP contribution in [-0.4, -0.2) is 6.54 Å². The van der Waals surface area contributed by atoms with Crippen molar-refractivity contribution in [2.45, 2.75) is 13.8 Å². The van der Waals surface area contributed by atoms with Crippen molar-refractivity contribution in [3.8, 4) is 6.07 Å². The van der Waals surface area contributed by atoms with E-state index in [1.165, 1.54) is 5.57 Å². The lowest BCUT2D eigenvalue weighted by molar-refractivity contribution is 1.26. The van der Waals surface area contributed by atoms with Crippen molar-refractivity contribution in [1.29, 1.82) is 5.26 Å². The summed E-state index contributed by atoms with van der Waals surface area (Å²) in [6, 6.07) is 7.26. The van der Waals surface area contributed by atoms with Crippen LogP contribution in [0, 0.1) is 11.3 Å². The number of hydrogen-bond donors (Lipinski definition) is 1. The van der Waals surface area contributed by atoms with Gasteiger partial charge in [-0.2, -0.15) is 5.26 Å². The third-order valence-corrected chi connectivity index (χ3v) is 2.23. The highest BCUT2D eigenvalue weighted by Crippen LogP contribution is 2.22. The maximum Gasteiger partial charge on any atom is 0.0992 e. The minimum absolute atomic E-state index is 0.610. The van der Waals surface area contributed by atoms with Gasteiger partial charge in [0.2, 0.25) is 0 Å².